The highest BCUT2D eigenvalue weighted by atomic mass is 16.5. The van der Waals surface area contributed by atoms with Crippen molar-refractivity contribution < 1.29 is 20.1 Å². The van der Waals surface area contributed by atoms with Crippen LogP contribution in [0.3, 0.4) is 0 Å². The minimum Gasteiger partial charge on any atom is -0.459 e. The van der Waals surface area contributed by atoms with Crippen molar-refractivity contribution in [1.82, 2.24) is 4.90 Å². The van der Waals surface area contributed by atoms with Gasteiger partial charge in [-0.1, -0.05) is 0 Å². The quantitative estimate of drug-likeness (QED) is 0.562. The molecule has 1 fully saturated rings. The number of hydrogen-bond donors (Lipinski definition) is 3. The predicted octanol–water partition coefficient (Wildman–Crippen LogP) is -0.938. The summed E-state index contributed by atoms with van der Waals surface area (Å²) in [6, 6.07) is 0.0731. The van der Waals surface area contributed by atoms with Crippen molar-refractivity contribution in [2.75, 3.05) is 6.54 Å². The predicted molar refractivity (Wildman–Crippen MR) is 63.7 cm³/mol. The number of aliphatic imine (C=N–C) groups is 1. The molecule has 6 nitrogen and oxygen atoms in total. The van der Waals surface area contributed by atoms with E-state index in [1.165, 1.54) is 0 Å². The van der Waals surface area contributed by atoms with Crippen molar-refractivity contribution in [2.45, 2.75) is 43.8 Å². The second-order valence-corrected chi connectivity index (χ2v) is 5.22. The summed E-state index contributed by atoms with van der Waals surface area (Å²) in [5.41, 5.74) is 0. The van der Waals surface area contributed by atoms with Crippen LogP contribution in [0.4, 0.5) is 0 Å². The summed E-state index contributed by atoms with van der Waals surface area (Å²) < 4.78 is 5.71. The Kier molecular flexibility index (Phi) is 2.80. The van der Waals surface area contributed by atoms with Gasteiger partial charge in [-0.3, -0.25) is 4.90 Å². The lowest BCUT2D eigenvalue weighted by atomic mass is 9.77. The molecule has 100 valence electrons. The molecule has 2 heterocycles. The van der Waals surface area contributed by atoms with Crippen LogP contribution in [0.1, 0.15) is 13.3 Å². The Bertz CT molecular complexity index is 396. The van der Waals surface area contributed by atoms with Crippen molar-refractivity contribution in [3.8, 4) is 0 Å². The monoisotopic (exact) mass is 254 g/mol. The molecule has 1 saturated carbocycles. The van der Waals surface area contributed by atoms with E-state index in [0.29, 0.717) is 12.4 Å². The molecule has 0 bridgehead atoms. The van der Waals surface area contributed by atoms with Gasteiger partial charge >= 0.3 is 0 Å². The highest BCUT2D eigenvalue weighted by molar-refractivity contribution is 5.78. The third-order valence-electron chi connectivity index (χ3n) is 3.99. The Hall–Kier alpha value is -1.11. The largest absolute Gasteiger partial charge is 0.459 e. The Balaban J connectivity index is 1.77. The summed E-state index contributed by atoms with van der Waals surface area (Å²) in [4.78, 5) is 6.19. The van der Waals surface area contributed by atoms with Crippen molar-refractivity contribution in [1.29, 1.82) is 0 Å². The minimum absolute atomic E-state index is 0.257. The average molecular weight is 254 g/mol. The summed E-state index contributed by atoms with van der Waals surface area (Å²) in [5.74, 6) is -0.372. The first-order valence-corrected chi connectivity index (χ1v) is 6.30. The molecule has 0 radical (unpaired) electrons. The van der Waals surface area contributed by atoms with Crippen LogP contribution in [0.25, 0.3) is 0 Å². The highest BCUT2D eigenvalue weighted by Gasteiger charge is 2.49. The first kappa shape index (κ1) is 12.0. The van der Waals surface area contributed by atoms with E-state index in [4.69, 9.17) is 4.74 Å². The van der Waals surface area contributed by atoms with Gasteiger partial charge in [-0.2, -0.15) is 0 Å². The van der Waals surface area contributed by atoms with Gasteiger partial charge in [0.05, 0.1) is 12.2 Å². The molecule has 3 N–H and O–H groups in total. The third-order valence-corrected chi connectivity index (χ3v) is 3.99. The van der Waals surface area contributed by atoms with Gasteiger partial charge in [0.2, 0.25) is 0 Å². The van der Waals surface area contributed by atoms with Gasteiger partial charge in [0.25, 0.3) is 6.02 Å². The van der Waals surface area contributed by atoms with Crippen molar-refractivity contribution in [3.63, 3.8) is 0 Å². The molecule has 0 amide bonds. The Morgan fingerprint density at radius 1 is 1.44 bits per heavy atom. The number of ether oxygens (including phenoxy) is 1. The van der Waals surface area contributed by atoms with Gasteiger partial charge in [0, 0.05) is 18.7 Å². The molecule has 0 spiro atoms. The van der Waals surface area contributed by atoms with E-state index in [-0.39, 0.29) is 12.0 Å². The molecular weight excluding hydrogens is 236 g/mol. The van der Waals surface area contributed by atoms with Crippen LogP contribution in [0.15, 0.2) is 17.3 Å². The maximum absolute atomic E-state index is 10.1. The summed E-state index contributed by atoms with van der Waals surface area (Å²) in [5, 5.41) is 29.7. The van der Waals surface area contributed by atoms with Gasteiger partial charge in [0.15, 0.2) is 0 Å². The van der Waals surface area contributed by atoms with E-state index in [1.54, 1.807) is 6.92 Å². The number of rotatable bonds is 1. The van der Waals surface area contributed by atoms with E-state index in [1.807, 2.05) is 17.2 Å². The molecule has 1 aliphatic carbocycles. The van der Waals surface area contributed by atoms with Gasteiger partial charge in [0.1, 0.15) is 18.2 Å². The van der Waals surface area contributed by atoms with E-state index < -0.39 is 24.4 Å². The first-order valence-electron chi connectivity index (χ1n) is 6.30. The molecule has 0 saturated heterocycles. The van der Waals surface area contributed by atoms with Gasteiger partial charge in [-0.25, -0.2) is 4.99 Å². The first-order chi connectivity index (χ1) is 8.58. The molecule has 6 atom stereocenters. The summed E-state index contributed by atoms with van der Waals surface area (Å²) in [7, 11) is 0. The zero-order valence-corrected chi connectivity index (χ0v) is 10.2. The molecule has 0 aromatic heterocycles. The van der Waals surface area contributed by atoms with E-state index in [0.717, 1.165) is 6.54 Å². The maximum Gasteiger partial charge on any atom is 0.292 e. The Labute approximate surface area is 105 Å². The van der Waals surface area contributed by atoms with Gasteiger partial charge in [-0.15, -0.1) is 0 Å². The molecule has 0 unspecified atom stereocenters. The van der Waals surface area contributed by atoms with Crippen LogP contribution in [0, 0.1) is 5.92 Å². The number of hydrogen-bond acceptors (Lipinski definition) is 6. The van der Waals surface area contributed by atoms with Crippen LogP contribution in [0.5, 0.6) is 0 Å². The highest BCUT2D eigenvalue weighted by Crippen LogP contribution is 2.35. The topological polar surface area (TPSA) is 85.5 Å². The summed E-state index contributed by atoms with van der Waals surface area (Å²) >= 11 is 0. The lowest BCUT2D eigenvalue weighted by molar-refractivity contribution is -0.112. The molecule has 0 aromatic carbocycles. The molecule has 0 aromatic rings. The normalized spacial score (nSPS) is 43.9. The SMILES string of the molecule is C[C@H](O)[C@H]1C[C@@H]2OC(N3C=CC3)=N[C@@H]2[C@@H](O)[C@@H]1O. The van der Waals surface area contributed by atoms with Crippen molar-refractivity contribution in [3.05, 3.63) is 12.3 Å². The molecule has 3 aliphatic rings. The summed E-state index contributed by atoms with van der Waals surface area (Å²) in [6.07, 6.45) is 1.49. The second kappa shape index (κ2) is 4.22. The zero-order chi connectivity index (χ0) is 12.9. The molecule has 3 rings (SSSR count). The van der Waals surface area contributed by atoms with Crippen LogP contribution in [-0.4, -0.2) is 63.2 Å². The molecule has 18 heavy (non-hydrogen) atoms. The van der Waals surface area contributed by atoms with E-state index >= 15 is 0 Å². The smallest absolute Gasteiger partial charge is 0.292 e. The molecular formula is C12H18N2O4. The van der Waals surface area contributed by atoms with Crippen LogP contribution in [0.2, 0.25) is 0 Å². The van der Waals surface area contributed by atoms with Crippen LogP contribution in [-0.2, 0) is 4.74 Å². The number of amidine groups is 1. The fourth-order valence-electron chi connectivity index (χ4n) is 2.77. The lowest BCUT2D eigenvalue weighted by Gasteiger charge is -2.38. The average Bonchev–Trinajstić information content (AvgIpc) is 2.64. The van der Waals surface area contributed by atoms with E-state index in [2.05, 4.69) is 4.99 Å². The Morgan fingerprint density at radius 3 is 2.72 bits per heavy atom. The van der Waals surface area contributed by atoms with Crippen molar-refractivity contribution >= 4 is 6.02 Å². The van der Waals surface area contributed by atoms with E-state index in [9.17, 15) is 15.3 Å². The summed E-state index contributed by atoms with van der Waals surface area (Å²) in [6.45, 7) is 2.38. The molecule has 2 aliphatic heterocycles. The fraction of sp³-hybridized carbons (Fsp3) is 0.750. The molecule has 6 heteroatoms. The number of aliphatic hydroxyl groups is 3. The zero-order valence-electron chi connectivity index (χ0n) is 10.2. The number of fused-ring (bicyclic) bond motifs is 1. The minimum atomic E-state index is -0.980. The third kappa shape index (κ3) is 1.72. The lowest BCUT2D eigenvalue weighted by Crippen LogP contribution is -2.54. The second-order valence-electron chi connectivity index (χ2n) is 5.22. The van der Waals surface area contributed by atoms with Crippen LogP contribution < -0.4 is 0 Å². The standard InChI is InChI=1S/C12H18N2O4/c1-6(15)7-5-8-9(11(17)10(7)16)13-12(18-8)14-3-2-4-14/h2-3,6-11,15-17H,4-5H2,1H3/t6-,7+,8-,9-,10+,11+/m0/s1. The number of aliphatic hydroxyl groups excluding tert-OH is 3. The van der Waals surface area contributed by atoms with Crippen LogP contribution >= 0.6 is 0 Å². The Morgan fingerprint density at radius 2 is 2.17 bits per heavy atom. The fourth-order valence-corrected chi connectivity index (χ4v) is 2.77. The van der Waals surface area contributed by atoms with Crippen molar-refractivity contribution in [2.24, 2.45) is 10.9 Å². The van der Waals surface area contributed by atoms with Gasteiger partial charge < -0.3 is 20.1 Å². The van der Waals surface area contributed by atoms with Gasteiger partial charge in [-0.05, 0) is 19.4 Å². The maximum atomic E-state index is 10.1. The number of nitrogens with zero attached hydrogens (tertiary/aromatic N) is 2.